The van der Waals surface area contributed by atoms with Gasteiger partial charge in [0.15, 0.2) is 0 Å². The van der Waals surface area contributed by atoms with Crippen molar-refractivity contribution in [2.75, 3.05) is 18.8 Å². The van der Waals surface area contributed by atoms with Gasteiger partial charge in [-0.2, -0.15) is 0 Å². The number of carbonyl (C=O) groups is 1. The van der Waals surface area contributed by atoms with E-state index in [4.69, 9.17) is 5.73 Å². The lowest BCUT2D eigenvalue weighted by Gasteiger charge is -2.08. The van der Waals surface area contributed by atoms with E-state index in [0.717, 1.165) is 6.42 Å². The van der Waals surface area contributed by atoms with Gasteiger partial charge in [-0.05, 0) is 6.42 Å². The van der Waals surface area contributed by atoms with Crippen molar-refractivity contribution in [3.05, 3.63) is 0 Å². The molecule has 3 N–H and O–H groups in total. The quantitative estimate of drug-likeness (QED) is 0.621. The van der Waals surface area contributed by atoms with Gasteiger partial charge in [0.2, 0.25) is 5.91 Å². The molecule has 0 saturated carbocycles. The third kappa shape index (κ3) is 5.76. The van der Waals surface area contributed by atoms with E-state index in [1.807, 2.05) is 13.8 Å². The van der Waals surface area contributed by atoms with Gasteiger partial charge in [-0.15, -0.1) is 0 Å². The summed E-state index contributed by atoms with van der Waals surface area (Å²) in [6.45, 7) is 4.71. The van der Waals surface area contributed by atoms with Gasteiger partial charge in [0, 0.05) is 29.1 Å². The average molecular weight is 206 g/mol. The zero-order valence-electron chi connectivity index (χ0n) is 8.21. The summed E-state index contributed by atoms with van der Waals surface area (Å²) in [6, 6.07) is 0. The molecule has 0 aliphatic rings. The number of hydrogen-bond acceptors (Lipinski definition) is 3. The third-order valence-corrected chi connectivity index (χ3v) is 3.54. The topological polar surface area (TPSA) is 72.2 Å². The summed E-state index contributed by atoms with van der Waals surface area (Å²) in [7, 11) is -1.05. The Balaban J connectivity index is 3.71. The molecular formula is C8H18N2O2S. The van der Waals surface area contributed by atoms with E-state index in [-0.39, 0.29) is 16.9 Å². The standard InChI is InChI=1S/C8H18N2O2S/c1-3-7(2)13(12)6-8(11)10-5-4-9/h7H,3-6,9H2,1-2H3,(H,10,11). The molecule has 4 nitrogen and oxygen atoms in total. The summed E-state index contributed by atoms with van der Waals surface area (Å²) in [6.07, 6.45) is 0.830. The van der Waals surface area contributed by atoms with E-state index in [1.54, 1.807) is 0 Å². The van der Waals surface area contributed by atoms with Gasteiger partial charge in [-0.25, -0.2) is 0 Å². The highest BCUT2D eigenvalue weighted by molar-refractivity contribution is 7.86. The van der Waals surface area contributed by atoms with E-state index in [1.165, 1.54) is 0 Å². The van der Waals surface area contributed by atoms with Crippen LogP contribution < -0.4 is 11.1 Å². The summed E-state index contributed by atoms with van der Waals surface area (Å²) in [4.78, 5) is 11.1. The number of hydrogen-bond donors (Lipinski definition) is 2. The first-order valence-corrected chi connectivity index (χ1v) is 5.84. The fourth-order valence-electron chi connectivity index (χ4n) is 0.720. The smallest absolute Gasteiger partial charge is 0.232 e. The third-order valence-electron chi connectivity index (χ3n) is 1.76. The molecule has 0 radical (unpaired) electrons. The first kappa shape index (κ1) is 12.6. The highest BCUT2D eigenvalue weighted by atomic mass is 32.2. The molecule has 0 heterocycles. The predicted octanol–water partition coefficient (Wildman–Crippen LogP) is -0.391. The number of amides is 1. The van der Waals surface area contributed by atoms with Crippen LogP contribution >= 0.6 is 0 Å². The van der Waals surface area contributed by atoms with Crippen LogP contribution in [0, 0.1) is 0 Å². The largest absolute Gasteiger partial charge is 0.354 e. The van der Waals surface area contributed by atoms with E-state index < -0.39 is 10.8 Å². The second-order valence-corrected chi connectivity index (χ2v) is 4.74. The van der Waals surface area contributed by atoms with Crippen molar-refractivity contribution in [1.29, 1.82) is 0 Å². The molecule has 0 aliphatic carbocycles. The fourth-order valence-corrected chi connectivity index (χ4v) is 1.74. The molecule has 0 aromatic rings. The highest BCUT2D eigenvalue weighted by Gasteiger charge is 2.12. The van der Waals surface area contributed by atoms with Crippen molar-refractivity contribution >= 4 is 16.7 Å². The normalized spacial score (nSPS) is 15.0. The van der Waals surface area contributed by atoms with Crippen LogP contribution in [0.2, 0.25) is 0 Å². The Bertz CT molecular complexity index is 185. The molecule has 13 heavy (non-hydrogen) atoms. The molecule has 2 atom stereocenters. The zero-order chi connectivity index (χ0) is 10.3. The minimum absolute atomic E-state index is 0.0867. The van der Waals surface area contributed by atoms with Gasteiger partial charge in [-0.1, -0.05) is 13.8 Å². The lowest BCUT2D eigenvalue weighted by molar-refractivity contribution is -0.118. The minimum Gasteiger partial charge on any atom is -0.354 e. The van der Waals surface area contributed by atoms with Gasteiger partial charge in [0.1, 0.15) is 5.75 Å². The van der Waals surface area contributed by atoms with Crippen LogP contribution in [-0.2, 0) is 15.6 Å². The Morgan fingerprint density at radius 3 is 2.69 bits per heavy atom. The second-order valence-electron chi connectivity index (χ2n) is 2.88. The van der Waals surface area contributed by atoms with Crippen LogP contribution in [0.15, 0.2) is 0 Å². The van der Waals surface area contributed by atoms with Crippen LogP contribution in [0.1, 0.15) is 20.3 Å². The van der Waals surface area contributed by atoms with Gasteiger partial charge in [0.25, 0.3) is 0 Å². The van der Waals surface area contributed by atoms with Crippen LogP contribution in [0.5, 0.6) is 0 Å². The number of nitrogens with two attached hydrogens (primary N) is 1. The van der Waals surface area contributed by atoms with Gasteiger partial charge >= 0.3 is 0 Å². The van der Waals surface area contributed by atoms with Gasteiger partial charge in [-0.3, -0.25) is 9.00 Å². The molecule has 0 spiro atoms. The molecule has 0 aromatic carbocycles. The molecule has 0 saturated heterocycles. The van der Waals surface area contributed by atoms with E-state index in [2.05, 4.69) is 5.32 Å². The van der Waals surface area contributed by atoms with Crippen molar-refractivity contribution in [2.24, 2.45) is 5.73 Å². The molecule has 0 bridgehead atoms. The minimum atomic E-state index is -1.05. The summed E-state index contributed by atoms with van der Waals surface area (Å²) in [5, 5.41) is 2.67. The lowest BCUT2D eigenvalue weighted by atomic mass is 10.4. The molecular weight excluding hydrogens is 188 g/mol. The fraction of sp³-hybridized carbons (Fsp3) is 0.875. The second kappa shape index (κ2) is 7.03. The maximum absolute atomic E-state index is 11.4. The molecule has 1 amide bonds. The summed E-state index contributed by atoms with van der Waals surface area (Å²) in [5.74, 6) is -0.0845. The van der Waals surface area contributed by atoms with Crippen LogP contribution in [0.4, 0.5) is 0 Å². The van der Waals surface area contributed by atoms with Crippen molar-refractivity contribution < 1.29 is 9.00 Å². The zero-order valence-corrected chi connectivity index (χ0v) is 9.02. The number of nitrogens with one attached hydrogen (secondary N) is 1. The highest BCUT2D eigenvalue weighted by Crippen LogP contribution is 1.99. The van der Waals surface area contributed by atoms with Crippen LogP contribution in [0.25, 0.3) is 0 Å². The Kier molecular flexibility index (Phi) is 6.80. The van der Waals surface area contributed by atoms with E-state index >= 15 is 0 Å². The molecule has 0 aromatic heterocycles. The molecule has 78 valence electrons. The van der Waals surface area contributed by atoms with Gasteiger partial charge in [0.05, 0.1) is 0 Å². The maximum atomic E-state index is 11.4. The predicted molar refractivity (Wildman–Crippen MR) is 54.8 cm³/mol. The van der Waals surface area contributed by atoms with Crippen LogP contribution in [0.3, 0.4) is 0 Å². The Hall–Kier alpha value is -0.420. The molecule has 0 rings (SSSR count). The maximum Gasteiger partial charge on any atom is 0.232 e. The van der Waals surface area contributed by atoms with Gasteiger partial charge < -0.3 is 11.1 Å². The first-order valence-electron chi connectivity index (χ1n) is 4.45. The summed E-state index contributed by atoms with van der Waals surface area (Å²) < 4.78 is 11.4. The Morgan fingerprint density at radius 2 is 2.23 bits per heavy atom. The Labute approximate surface area is 81.7 Å². The average Bonchev–Trinajstić information content (AvgIpc) is 2.13. The number of carbonyl (C=O) groups excluding carboxylic acids is 1. The van der Waals surface area contributed by atoms with Crippen molar-refractivity contribution in [3.8, 4) is 0 Å². The SMILES string of the molecule is CCC(C)S(=O)CC(=O)NCCN. The summed E-state index contributed by atoms with van der Waals surface area (Å²) >= 11 is 0. The van der Waals surface area contributed by atoms with E-state index in [9.17, 15) is 9.00 Å². The molecule has 2 unspecified atom stereocenters. The molecule has 0 fully saturated rings. The molecule has 0 aliphatic heterocycles. The van der Waals surface area contributed by atoms with Crippen molar-refractivity contribution in [1.82, 2.24) is 5.32 Å². The van der Waals surface area contributed by atoms with Crippen molar-refractivity contribution in [2.45, 2.75) is 25.5 Å². The van der Waals surface area contributed by atoms with Crippen LogP contribution in [-0.4, -0.2) is 34.2 Å². The summed E-state index contributed by atoms with van der Waals surface area (Å²) in [5.41, 5.74) is 5.20. The van der Waals surface area contributed by atoms with Crippen molar-refractivity contribution in [3.63, 3.8) is 0 Å². The lowest BCUT2D eigenvalue weighted by Crippen LogP contribution is -2.34. The first-order chi connectivity index (χ1) is 6.11. The number of rotatable bonds is 6. The molecule has 5 heteroatoms. The Morgan fingerprint density at radius 1 is 1.62 bits per heavy atom. The van der Waals surface area contributed by atoms with E-state index in [0.29, 0.717) is 13.1 Å². The monoisotopic (exact) mass is 206 g/mol.